The van der Waals surface area contributed by atoms with Crippen molar-refractivity contribution in [3.8, 4) is 5.75 Å². The molecule has 118 valence electrons. The predicted octanol–water partition coefficient (Wildman–Crippen LogP) is 2.98. The maximum absolute atomic E-state index is 5.37. The summed E-state index contributed by atoms with van der Waals surface area (Å²) in [4.78, 5) is 5.62. The van der Waals surface area contributed by atoms with E-state index in [0.717, 1.165) is 43.5 Å². The number of guanidine groups is 1. The maximum Gasteiger partial charge on any atom is 0.191 e. The lowest BCUT2D eigenvalue weighted by molar-refractivity contribution is 0.405. The quantitative estimate of drug-likeness (QED) is 0.548. The number of nitrogens with one attached hydrogen (secondary N) is 2. The summed E-state index contributed by atoms with van der Waals surface area (Å²) in [5, 5.41) is 6.66. The van der Waals surface area contributed by atoms with E-state index in [1.54, 1.807) is 7.11 Å². The molecule has 4 nitrogen and oxygen atoms in total. The van der Waals surface area contributed by atoms with Crippen molar-refractivity contribution >= 4 is 41.7 Å². The van der Waals surface area contributed by atoms with Gasteiger partial charge in [0.2, 0.25) is 0 Å². The third-order valence-corrected chi connectivity index (χ3v) is 4.49. The zero-order valence-electron chi connectivity index (χ0n) is 12.6. The lowest BCUT2D eigenvalue weighted by Crippen LogP contribution is -2.42. The predicted molar refractivity (Wildman–Crippen MR) is 101 cm³/mol. The summed E-state index contributed by atoms with van der Waals surface area (Å²) < 4.78 is 5.37. The second kappa shape index (κ2) is 10.2. The Morgan fingerprint density at radius 2 is 2.24 bits per heavy atom. The van der Waals surface area contributed by atoms with Crippen molar-refractivity contribution in [3.05, 3.63) is 24.3 Å². The van der Waals surface area contributed by atoms with Gasteiger partial charge in [0.25, 0.3) is 0 Å². The lowest BCUT2D eigenvalue weighted by atomic mass is 10.2. The fourth-order valence-electron chi connectivity index (χ4n) is 1.95. The fourth-order valence-corrected chi connectivity index (χ4v) is 3.00. The molecule has 2 N–H and O–H groups in total. The van der Waals surface area contributed by atoms with Gasteiger partial charge in [-0.25, -0.2) is 0 Å². The molecular formula is C15H24IN3OS. The number of methoxy groups -OCH3 is 1. The largest absolute Gasteiger partial charge is 0.496 e. The van der Waals surface area contributed by atoms with E-state index in [-0.39, 0.29) is 24.0 Å². The first kappa shape index (κ1) is 18.4. The topological polar surface area (TPSA) is 45.6 Å². The summed E-state index contributed by atoms with van der Waals surface area (Å²) in [6.45, 7) is 5.14. The fraction of sp³-hybridized carbons (Fsp3) is 0.533. The van der Waals surface area contributed by atoms with Crippen LogP contribution in [0.2, 0.25) is 0 Å². The molecule has 0 saturated heterocycles. The number of hydrogen-bond acceptors (Lipinski definition) is 5. The van der Waals surface area contributed by atoms with Crippen molar-refractivity contribution in [2.75, 3.05) is 32.5 Å². The molecule has 1 unspecified atom stereocenters. The summed E-state index contributed by atoms with van der Waals surface area (Å²) in [6.07, 6.45) is 1.13. The smallest absolute Gasteiger partial charge is 0.191 e. The van der Waals surface area contributed by atoms with Gasteiger partial charge in [0.1, 0.15) is 5.75 Å². The number of thioether (sulfide) groups is 1. The van der Waals surface area contributed by atoms with Crippen LogP contribution in [0.1, 0.15) is 13.3 Å². The number of aliphatic imine (C=N–C) groups is 1. The van der Waals surface area contributed by atoms with Gasteiger partial charge in [-0.2, -0.15) is 0 Å². The monoisotopic (exact) mass is 421 g/mol. The van der Waals surface area contributed by atoms with Crippen LogP contribution in [0, 0.1) is 5.92 Å². The number of nitrogens with zero attached hydrogens (tertiary/aromatic N) is 1. The molecule has 1 aliphatic rings. The number of rotatable bonds is 6. The van der Waals surface area contributed by atoms with Gasteiger partial charge in [-0.15, -0.1) is 35.7 Å². The van der Waals surface area contributed by atoms with Crippen LogP contribution in [-0.2, 0) is 0 Å². The van der Waals surface area contributed by atoms with Gasteiger partial charge >= 0.3 is 0 Å². The molecule has 0 fully saturated rings. The Kier molecular flexibility index (Phi) is 8.91. The molecule has 2 rings (SSSR count). The molecule has 0 aliphatic carbocycles. The highest BCUT2D eigenvalue weighted by Gasteiger charge is 2.09. The second-order valence-electron chi connectivity index (χ2n) is 4.96. The molecule has 1 aromatic carbocycles. The summed E-state index contributed by atoms with van der Waals surface area (Å²) in [5.74, 6) is 3.53. The number of ether oxygens (including phenoxy) is 1. The van der Waals surface area contributed by atoms with Crippen LogP contribution in [0.4, 0.5) is 0 Å². The highest BCUT2D eigenvalue weighted by molar-refractivity contribution is 14.0. The van der Waals surface area contributed by atoms with Gasteiger partial charge in [0.05, 0.1) is 7.11 Å². The van der Waals surface area contributed by atoms with Gasteiger partial charge in [-0.05, 0) is 24.5 Å². The molecule has 0 bridgehead atoms. The van der Waals surface area contributed by atoms with Gasteiger partial charge < -0.3 is 15.4 Å². The first-order valence-corrected chi connectivity index (χ1v) is 8.06. The normalized spacial score (nSPS) is 15.2. The Balaban J connectivity index is 0.00000220. The zero-order chi connectivity index (χ0) is 14.2. The molecular weight excluding hydrogens is 397 g/mol. The molecule has 0 amide bonds. The van der Waals surface area contributed by atoms with Gasteiger partial charge in [0, 0.05) is 30.3 Å². The van der Waals surface area contributed by atoms with Crippen LogP contribution in [0.25, 0.3) is 0 Å². The van der Waals surface area contributed by atoms with Crippen molar-refractivity contribution in [2.24, 2.45) is 10.9 Å². The molecule has 0 saturated carbocycles. The Bertz CT molecular complexity index is 456. The molecule has 6 heteroatoms. The molecule has 21 heavy (non-hydrogen) atoms. The SMILES string of the molecule is COc1ccccc1SCC(C)CNC1=NCCCN1.I. The number of hydrogen-bond donors (Lipinski definition) is 2. The molecule has 0 spiro atoms. The van der Waals surface area contributed by atoms with Gasteiger partial charge in [0.15, 0.2) is 5.96 Å². The van der Waals surface area contributed by atoms with Crippen LogP contribution < -0.4 is 15.4 Å². The van der Waals surface area contributed by atoms with E-state index in [9.17, 15) is 0 Å². The van der Waals surface area contributed by atoms with E-state index in [4.69, 9.17) is 4.74 Å². The van der Waals surface area contributed by atoms with Crippen LogP contribution >= 0.6 is 35.7 Å². The van der Waals surface area contributed by atoms with Crippen molar-refractivity contribution in [1.29, 1.82) is 0 Å². The van der Waals surface area contributed by atoms with E-state index >= 15 is 0 Å². The zero-order valence-corrected chi connectivity index (χ0v) is 15.7. The molecule has 0 radical (unpaired) electrons. The van der Waals surface area contributed by atoms with Gasteiger partial charge in [-0.3, -0.25) is 4.99 Å². The summed E-state index contributed by atoms with van der Waals surface area (Å²) in [7, 11) is 1.72. The van der Waals surface area contributed by atoms with Crippen molar-refractivity contribution < 1.29 is 4.74 Å². The van der Waals surface area contributed by atoms with Gasteiger partial charge in [-0.1, -0.05) is 19.1 Å². The van der Waals surface area contributed by atoms with E-state index < -0.39 is 0 Å². The molecule has 1 heterocycles. The molecule has 0 aromatic heterocycles. The number of para-hydroxylation sites is 1. The van der Waals surface area contributed by atoms with Crippen LogP contribution in [-0.4, -0.2) is 38.5 Å². The summed E-state index contributed by atoms with van der Waals surface area (Å²) in [5.41, 5.74) is 0. The maximum atomic E-state index is 5.37. The average Bonchev–Trinajstić information content (AvgIpc) is 2.52. The highest BCUT2D eigenvalue weighted by Crippen LogP contribution is 2.29. The van der Waals surface area contributed by atoms with Crippen LogP contribution in [0.5, 0.6) is 5.75 Å². The Morgan fingerprint density at radius 3 is 2.95 bits per heavy atom. The molecule has 1 atom stereocenters. The standard InChI is InChI=1S/C15H23N3OS.HI/c1-12(10-18-15-16-8-5-9-17-15)11-20-14-7-4-3-6-13(14)19-2;/h3-4,6-7,12H,5,8-11H2,1-2H3,(H2,16,17,18);1H. The number of benzene rings is 1. The number of halogens is 1. The van der Waals surface area contributed by atoms with Crippen LogP contribution in [0.15, 0.2) is 34.2 Å². The average molecular weight is 421 g/mol. The minimum Gasteiger partial charge on any atom is -0.496 e. The summed E-state index contributed by atoms with van der Waals surface area (Å²) >= 11 is 1.84. The van der Waals surface area contributed by atoms with Crippen LogP contribution in [0.3, 0.4) is 0 Å². The van der Waals surface area contributed by atoms with E-state index in [1.807, 2.05) is 23.9 Å². The van der Waals surface area contributed by atoms with Crippen molar-refractivity contribution in [1.82, 2.24) is 10.6 Å². The molecule has 1 aromatic rings. The van der Waals surface area contributed by atoms with Crippen molar-refractivity contribution in [3.63, 3.8) is 0 Å². The van der Waals surface area contributed by atoms with E-state index in [1.165, 1.54) is 4.90 Å². The Morgan fingerprint density at radius 1 is 1.43 bits per heavy atom. The second-order valence-corrected chi connectivity index (χ2v) is 6.02. The minimum atomic E-state index is 0. The minimum absolute atomic E-state index is 0. The highest BCUT2D eigenvalue weighted by atomic mass is 127. The third-order valence-electron chi connectivity index (χ3n) is 3.11. The molecule has 1 aliphatic heterocycles. The van der Waals surface area contributed by atoms with E-state index in [0.29, 0.717) is 5.92 Å². The Hall–Kier alpha value is -0.630. The lowest BCUT2D eigenvalue weighted by Gasteiger charge is -2.18. The Labute approximate surface area is 148 Å². The first-order valence-electron chi connectivity index (χ1n) is 7.07. The first-order chi connectivity index (χ1) is 9.79. The third kappa shape index (κ3) is 6.34. The van der Waals surface area contributed by atoms with Crippen molar-refractivity contribution in [2.45, 2.75) is 18.2 Å². The summed E-state index contributed by atoms with van der Waals surface area (Å²) in [6, 6.07) is 8.16. The van der Waals surface area contributed by atoms with E-state index in [2.05, 4.69) is 34.7 Å².